The van der Waals surface area contributed by atoms with Crippen LogP contribution in [-0.2, 0) is 15.6 Å². The molecule has 1 unspecified atom stereocenters. The van der Waals surface area contributed by atoms with Gasteiger partial charge in [-0.05, 0) is 31.0 Å². The van der Waals surface area contributed by atoms with Crippen molar-refractivity contribution in [3.05, 3.63) is 34.9 Å². The highest BCUT2D eigenvalue weighted by atomic mass is 35.5. The number of hydrogen-bond acceptors (Lipinski definition) is 3. The first-order valence-corrected chi connectivity index (χ1v) is 7.75. The van der Waals surface area contributed by atoms with Crippen LogP contribution in [0.3, 0.4) is 0 Å². The first-order valence-electron chi connectivity index (χ1n) is 5.66. The monoisotopic (exact) mass is 275 g/mol. The van der Waals surface area contributed by atoms with Crippen LogP contribution in [0.25, 0.3) is 0 Å². The Morgan fingerprint density at radius 1 is 1.35 bits per heavy atom. The van der Waals surface area contributed by atoms with E-state index in [0.717, 1.165) is 0 Å². The summed E-state index contributed by atoms with van der Waals surface area (Å²) >= 11 is 5.97. The Labute approximate surface area is 108 Å². The smallest absolute Gasteiger partial charge is 0.157 e. The number of halogens is 1. The standard InChI is InChI=1S/C12H18ClNO2S/c1-2-11(7-8-14)17(15,16)9-10-5-3-4-6-12(10)13/h3-6,11H,2,7-9,14H2,1H3. The highest BCUT2D eigenvalue weighted by Crippen LogP contribution is 2.21. The molecule has 3 nitrogen and oxygen atoms in total. The van der Waals surface area contributed by atoms with Gasteiger partial charge in [0.05, 0.1) is 11.0 Å². The van der Waals surface area contributed by atoms with E-state index in [4.69, 9.17) is 17.3 Å². The van der Waals surface area contributed by atoms with Crippen LogP contribution in [-0.4, -0.2) is 20.2 Å². The van der Waals surface area contributed by atoms with Gasteiger partial charge in [-0.25, -0.2) is 8.42 Å². The minimum atomic E-state index is -3.17. The Bertz CT molecular complexity index is 459. The molecule has 0 saturated heterocycles. The molecule has 0 saturated carbocycles. The Kier molecular flexibility index (Phi) is 5.43. The minimum absolute atomic E-state index is 0.00875. The molecule has 0 aliphatic carbocycles. The van der Waals surface area contributed by atoms with Crippen molar-refractivity contribution in [1.29, 1.82) is 0 Å². The first-order chi connectivity index (χ1) is 8.01. The Balaban J connectivity index is 2.89. The predicted octanol–water partition coefficient (Wildman–Crippen LogP) is 2.38. The lowest BCUT2D eigenvalue weighted by molar-refractivity contribution is 0.566. The lowest BCUT2D eigenvalue weighted by atomic mass is 10.2. The molecule has 0 amide bonds. The summed E-state index contributed by atoms with van der Waals surface area (Å²) < 4.78 is 24.3. The maximum atomic E-state index is 12.2. The van der Waals surface area contributed by atoms with E-state index >= 15 is 0 Å². The first kappa shape index (κ1) is 14.5. The van der Waals surface area contributed by atoms with E-state index in [1.54, 1.807) is 24.3 Å². The van der Waals surface area contributed by atoms with Gasteiger partial charge in [-0.3, -0.25) is 0 Å². The quantitative estimate of drug-likeness (QED) is 0.867. The van der Waals surface area contributed by atoms with Gasteiger partial charge in [0.1, 0.15) is 0 Å². The zero-order valence-corrected chi connectivity index (χ0v) is 11.5. The van der Waals surface area contributed by atoms with E-state index < -0.39 is 9.84 Å². The Morgan fingerprint density at radius 3 is 2.53 bits per heavy atom. The largest absolute Gasteiger partial charge is 0.330 e. The van der Waals surface area contributed by atoms with Gasteiger partial charge < -0.3 is 5.73 Å². The van der Waals surface area contributed by atoms with Crippen LogP contribution in [0.15, 0.2) is 24.3 Å². The van der Waals surface area contributed by atoms with Crippen LogP contribution < -0.4 is 5.73 Å². The second-order valence-corrected chi connectivity index (χ2v) is 6.69. The topological polar surface area (TPSA) is 60.2 Å². The molecule has 1 atom stereocenters. The zero-order valence-electron chi connectivity index (χ0n) is 9.90. The molecular formula is C12H18ClNO2S. The summed E-state index contributed by atoms with van der Waals surface area (Å²) in [6, 6.07) is 7.03. The fraction of sp³-hybridized carbons (Fsp3) is 0.500. The molecule has 0 aromatic heterocycles. The summed E-state index contributed by atoms with van der Waals surface area (Å²) in [4.78, 5) is 0. The molecule has 0 fully saturated rings. The average molecular weight is 276 g/mol. The molecule has 0 spiro atoms. The van der Waals surface area contributed by atoms with E-state index in [9.17, 15) is 8.42 Å². The van der Waals surface area contributed by atoms with Crippen LogP contribution >= 0.6 is 11.6 Å². The zero-order chi connectivity index (χ0) is 12.9. The van der Waals surface area contributed by atoms with E-state index in [1.807, 2.05) is 6.92 Å². The van der Waals surface area contributed by atoms with Crippen LogP contribution in [0, 0.1) is 0 Å². The SMILES string of the molecule is CCC(CCN)S(=O)(=O)Cc1ccccc1Cl. The summed E-state index contributed by atoms with van der Waals surface area (Å²) in [7, 11) is -3.17. The van der Waals surface area contributed by atoms with Crippen molar-refractivity contribution in [2.45, 2.75) is 30.8 Å². The maximum absolute atomic E-state index is 12.2. The lowest BCUT2D eigenvalue weighted by Crippen LogP contribution is -2.25. The summed E-state index contributed by atoms with van der Waals surface area (Å²) in [6.45, 7) is 2.25. The van der Waals surface area contributed by atoms with Crippen molar-refractivity contribution in [2.75, 3.05) is 6.54 Å². The lowest BCUT2D eigenvalue weighted by Gasteiger charge is -2.15. The minimum Gasteiger partial charge on any atom is -0.330 e. The van der Waals surface area contributed by atoms with Gasteiger partial charge in [0.2, 0.25) is 0 Å². The molecule has 0 heterocycles. The summed E-state index contributed by atoms with van der Waals surface area (Å²) in [5, 5.41) is 0.127. The molecule has 1 aromatic rings. The van der Waals surface area contributed by atoms with E-state index in [-0.39, 0.29) is 11.0 Å². The molecule has 0 bridgehead atoms. The van der Waals surface area contributed by atoms with Crippen molar-refractivity contribution in [3.63, 3.8) is 0 Å². The number of sulfone groups is 1. The second kappa shape index (κ2) is 6.38. The Hall–Kier alpha value is -0.580. The van der Waals surface area contributed by atoms with Gasteiger partial charge in [0.15, 0.2) is 9.84 Å². The van der Waals surface area contributed by atoms with Gasteiger partial charge in [0.25, 0.3) is 0 Å². The van der Waals surface area contributed by atoms with Crippen molar-refractivity contribution < 1.29 is 8.42 Å². The molecule has 1 aromatic carbocycles. The third kappa shape index (κ3) is 3.98. The van der Waals surface area contributed by atoms with E-state index in [1.165, 1.54) is 0 Å². The fourth-order valence-electron chi connectivity index (χ4n) is 1.77. The number of rotatable bonds is 6. The summed E-state index contributed by atoms with van der Waals surface area (Å²) in [5.74, 6) is -0.00875. The number of benzene rings is 1. The summed E-state index contributed by atoms with van der Waals surface area (Å²) in [5.41, 5.74) is 6.09. The van der Waals surface area contributed by atoms with Gasteiger partial charge in [-0.1, -0.05) is 36.7 Å². The molecule has 0 radical (unpaired) electrons. The van der Waals surface area contributed by atoms with Crippen LogP contribution in [0.5, 0.6) is 0 Å². The van der Waals surface area contributed by atoms with Crippen molar-refractivity contribution >= 4 is 21.4 Å². The molecule has 17 heavy (non-hydrogen) atoms. The molecule has 96 valence electrons. The highest BCUT2D eigenvalue weighted by molar-refractivity contribution is 7.91. The number of nitrogens with two attached hydrogens (primary N) is 1. The second-order valence-electron chi connectivity index (χ2n) is 4.01. The normalized spacial score (nSPS) is 13.6. The van der Waals surface area contributed by atoms with Crippen molar-refractivity contribution in [1.82, 2.24) is 0 Å². The van der Waals surface area contributed by atoms with E-state index in [0.29, 0.717) is 30.0 Å². The molecule has 5 heteroatoms. The van der Waals surface area contributed by atoms with E-state index in [2.05, 4.69) is 0 Å². The molecular weight excluding hydrogens is 258 g/mol. The molecule has 1 rings (SSSR count). The summed E-state index contributed by atoms with van der Waals surface area (Å²) in [6.07, 6.45) is 1.09. The van der Waals surface area contributed by atoms with Gasteiger partial charge in [0, 0.05) is 5.02 Å². The van der Waals surface area contributed by atoms with Crippen molar-refractivity contribution in [3.8, 4) is 0 Å². The number of hydrogen-bond donors (Lipinski definition) is 1. The van der Waals surface area contributed by atoms with Gasteiger partial charge in [-0.15, -0.1) is 0 Å². The third-order valence-corrected chi connectivity index (χ3v) is 5.43. The molecule has 0 aliphatic rings. The van der Waals surface area contributed by atoms with Crippen LogP contribution in [0.1, 0.15) is 25.3 Å². The maximum Gasteiger partial charge on any atom is 0.157 e. The Morgan fingerprint density at radius 2 is 2.00 bits per heavy atom. The van der Waals surface area contributed by atoms with Gasteiger partial charge >= 0.3 is 0 Å². The van der Waals surface area contributed by atoms with Crippen molar-refractivity contribution in [2.24, 2.45) is 5.73 Å². The molecule has 0 aliphatic heterocycles. The third-order valence-electron chi connectivity index (χ3n) is 2.77. The average Bonchev–Trinajstić information content (AvgIpc) is 2.28. The van der Waals surface area contributed by atoms with Crippen LogP contribution in [0.4, 0.5) is 0 Å². The highest BCUT2D eigenvalue weighted by Gasteiger charge is 2.24. The van der Waals surface area contributed by atoms with Crippen LogP contribution in [0.2, 0.25) is 5.02 Å². The molecule has 2 N–H and O–H groups in total. The van der Waals surface area contributed by atoms with Gasteiger partial charge in [-0.2, -0.15) is 0 Å². The predicted molar refractivity (Wildman–Crippen MR) is 71.8 cm³/mol. The fourth-order valence-corrected chi connectivity index (χ4v) is 3.98.